The Morgan fingerprint density at radius 1 is 0.714 bits per heavy atom. The molecule has 0 saturated carbocycles. The molecule has 0 heterocycles. The fourth-order valence-electron chi connectivity index (χ4n) is 2.32. The molecule has 0 aliphatic carbocycles. The molecular weight excluding hydrogens is 260 g/mol. The Balaban J connectivity index is 0. The van der Waals surface area contributed by atoms with Crippen LogP contribution in [0.15, 0.2) is 0 Å². The van der Waals surface area contributed by atoms with Gasteiger partial charge in [0.1, 0.15) is 0 Å². The quantitative estimate of drug-likeness (QED) is 0.453. The molecule has 0 saturated heterocycles. The first-order valence-electron chi connectivity index (χ1n) is 9.05. The van der Waals surface area contributed by atoms with Gasteiger partial charge in [-0.25, -0.2) is 0 Å². The summed E-state index contributed by atoms with van der Waals surface area (Å²) in [5, 5.41) is 2.75. The summed E-state index contributed by atoms with van der Waals surface area (Å²) < 4.78 is 0. The van der Waals surface area contributed by atoms with Gasteiger partial charge in [-0.1, -0.05) is 84.0 Å². The van der Waals surface area contributed by atoms with E-state index >= 15 is 0 Å². The van der Waals surface area contributed by atoms with Gasteiger partial charge in [-0.2, -0.15) is 0 Å². The molecule has 0 aromatic rings. The first-order valence-corrected chi connectivity index (χ1v) is 9.05. The average Bonchev–Trinajstić information content (AvgIpc) is 2.44. The smallest absolute Gasteiger partial charge is 0.217 e. The van der Waals surface area contributed by atoms with Gasteiger partial charge in [0.2, 0.25) is 5.91 Å². The second kappa shape index (κ2) is 21.7. The minimum atomic E-state index is -0.155. The van der Waals surface area contributed by atoms with Crippen LogP contribution in [0.1, 0.15) is 96.8 Å². The molecule has 0 atom stereocenters. The zero-order chi connectivity index (χ0) is 16.2. The summed E-state index contributed by atoms with van der Waals surface area (Å²) >= 11 is 0. The van der Waals surface area contributed by atoms with Gasteiger partial charge in [-0.15, -0.1) is 0 Å². The van der Waals surface area contributed by atoms with E-state index in [9.17, 15) is 4.79 Å². The number of carbonyl (C=O) groups is 1. The Labute approximate surface area is 133 Å². The van der Waals surface area contributed by atoms with Crippen LogP contribution in [0.3, 0.4) is 0 Å². The third-order valence-corrected chi connectivity index (χ3v) is 3.53. The van der Waals surface area contributed by atoms with Gasteiger partial charge in [0.15, 0.2) is 0 Å². The highest BCUT2D eigenvalue weighted by atomic mass is 16.1. The van der Waals surface area contributed by atoms with Gasteiger partial charge < -0.3 is 11.1 Å². The van der Waals surface area contributed by atoms with Crippen molar-refractivity contribution in [3.05, 3.63) is 0 Å². The summed E-state index contributed by atoms with van der Waals surface area (Å²) in [5.41, 5.74) is 5.09. The van der Waals surface area contributed by atoms with E-state index in [1.54, 1.807) is 0 Å². The van der Waals surface area contributed by atoms with Gasteiger partial charge >= 0.3 is 0 Å². The van der Waals surface area contributed by atoms with Crippen LogP contribution in [-0.4, -0.2) is 20.0 Å². The molecule has 0 rings (SSSR count). The molecule has 0 aliphatic heterocycles. The lowest BCUT2D eigenvalue weighted by molar-refractivity contribution is -0.118. The third kappa shape index (κ3) is 28.3. The molecular formula is C18H40N2O. The van der Waals surface area contributed by atoms with Gasteiger partial charge in [-0.05, 0) is 20.5 Å². The standard InChI is InChI=1S/C16H33NO.C2H7N/c1-2-3-4-5-6-7-8-9-10-11-12-13-14-15-16(17)18;1-3-2/h2-15H2,1H3,(H2,17,18);3H,1-2H3. The lowest BCUT2D eigenvalue weighted by Gasteiger charge is -2.02. The van der Waals surface area contributed by atoms with Crippen molar-refractivity contribution in [2.75, 3.05) is 14.1 Å². The summed E-state index contributed by atoms with van der Waals surface area (Å²) in [6.07, 6.45) is 17.9. The molecule has 0 spiro atoms. The van der Waals surface area contributed by atoms with Crippen LogP contribution in [0.25, 0.3) is 0 Å². The van der Waals surface area contributed by atoms with Crippen molar-refractivity contribution in [3.8, 4) is 0 Å². The van der Waals surface area contributed by atoms with Gasteiger partial charge in [0, 0.05) is 6.42 Å². The molecule has 0 fully saturated rings. The average molecular weight is 301 g/mol. The van der Waals surface area contributed by atoms with E-state index in [4.69, 9.17) is 5.73 Å². The normalized spacial score (nSPS) is 10.0. The molecule has 128 valence electrons. The Morgan fingerprint density at radius 2 is 1.00 bits per heavy atom. The van der Waals surface area contributed by atoms with Crippen molar-refractivity contribution < 1.29 is 4.79 Å². The van der Waals surface area contributed by atoms with Gasteiger partial charge in [0.25, 0.3) is 0 Å². The van der Waals surface area contributed by atoms with E-state index in [0.29, 0.717) is 6.42 Å². The second-order valence-electron chi connectivity index (χ2n) is 5.96. The molecule has 3 heteroatoms. The topological polar surface area (TPSA) is 55.1 Å². The molecule has 21 heavy (non-hydrogen) atoms. The van der Waals surface area contributed by atoms with Crippen molar-refractivity contribution in [3.63, 3.8) is 0 Å². The van der Waals surface area contributed by atoms with Crippen LogP contribution in [0, 0.1) is 0 Å². The molecule has 0 aromatic heterocycles. The van der Waals surface area contributed by atoms with E-state index in [0.717, 1.165) is 6.42 Å². The van der Waals surface area contributed by atoms with E-state index in [-0.39, 0.29) is 5.91 Å². The monoisotopic (exact) mass is 300 g/mol. The Kier molecular flexibility index (Phi) is 23.5. The molecule has 0 unspecified atom stereocenters. The Bertz CT molecular complexity index is 196. The van der Waals surface area contributed by atoms with Crippen molar-refractivity contribution in [1.29, 1.82) is 0 Å². The zero-order valence-electron chi connectivity index (χ0n) is 14.9. The SMILES string of the molecule is CCCCCCCCCCCCCCCC(N)=O.CNC. The summed E-state index contributed by atoms with van der Waals surface area (Å²) in [7, 11) is 3.75. The zero-order valence-corrected chi connectivity index (χ0v) is 14.9. The lowest BCUT2D eigenvalue weighted by Crippen LogP contribution is -2.09. The number of nitrogens with one attached hydrogen (secondary N) is 1. The van der Waals surface area contributed by atoms with Crippen LogP contribution in [-0.2, 0) is 4.79 Å². The highest BCUT2D eigenvalue weighted by Crippen LogP contribution is 2.12. The maximum absolute atomic E-state index is 10.5. The number of hydrogen-bond acceptors (Lipinski definition) is 2. The van der Waals surface area contributed by atoms with Crippen molar-refractivity contribution in [2.45, 2.75) is 96.8 Å². The fraction of sp³-hybridized carbons (Fsp3) is 0.944. The Morgan fingerprint density at radius 3 is 1.29 bits per heavy atom. The molecule has 0 bridgehead atoms. The number of rotatable bonds is 14. The minimum absolute atomic E-state index is 0.155. The summed E-state index contributed by atoms with van der Waals surface area (Å²) in [6.45, 7) is 2.27. The van der Waals surface area contributed by atoms with E-state index < -0.39 is 0 Å². The van der Waals surface area contributed by atoms with Crippen molar-refractivity contribution >= 4 is 5.91 Å². The first kappa shape index (κ1) is 22.7. The largest absolute Gasteiger partial charge is 0.370 e. The van der Waals surface area contributed by atoms with Crippen LogP contribution in [0.4, 0.5) is 0 Å². The van der Waals surface area contributed by atoms with Crippen molar-refractivity contribution in [1.82, 2.24) is 5.32 Å². The molecule has 1 amide bonds. The number of carbonyl (C=O) groups excluding carboxylic acids is 1. The molecule has 0 radical (unpaired) electrons. The van der Waals surface area contributed by atoms with E-state index in [1.165, 1.54) is 77.0 Å². The van der Waals surface area contributed by atoms with Crippen LogP contribution < -0.4 is 11.1 Å². The summed E-state index contributed by atoms with van der Waals surface area (Å²) in [5.74, 6) is -0.155. The maximum atomic E-state index is 10.5. The molecule has 0 aliphatic rings. The highest BCUT2D eigenvalue weighted by molar-refractivity contribution is 5.73. The number of nitrogens with two attached hydrogens (primary N) is 1. The first-order chi connectivity index (χ1) is 10.2. The molecule has 3 nitrogen and oxygen atoms in total. The number of unbranched alkanes of at least 4 members (excludes halogenated alkanes) is 12. The lowest BCUT2D eigenvalue weighted by atomic mass is 10.0. The third-order valence-electron chi connectivity index (χ3n) is 3.53. The maximum Gasteiger partial charge on any atom is 0.217 e. The predicted molar refractivity (Wildman–Crippen MR) is 94.5 cm³/mol. The highest BCUT2D eigenvalue weighted by Gasteiger charge is 1.95. The number of amides is 1. The Hall–Kier alpha value is -0.570. The van der Waals surface area contributed by atoms with E-state index in [2.05, 4.69) is 12.2 Å². The minimum Gasteiger partial charge on any atom is -0.370 e. The fourth-order valence-corrected chi connectivity index (χ4v) is 2.32. The van der Waals surface area contributed by atoms with Gasteiger partial charge in [0.05, 0.1) is 0 Å². The molecule has 0 aromatic carbocycles. The molecule has 3 N–H and O–H groups in total. The van der Waals surface area contributed by atoms with E-state index in [1.807, 2.05) is 14.1 Å². The van der Waals surface area contributed by atoms with Crippen molar-refractivity contribution in [2.24, 2.45) is 5.73 Å². The second-order valence-corrected chi connectivity index (χ2v) is 5.96. The predicted octanol–water partition coefficient (Wildman–Crippen LogP) is 4.79. The van der Waals surface area contributed by atoms with Crippen LogP contribution in [0.5, 0.6) is 0 Å². The summed E-state index contributed by atoms with van der Waals surface area (Å²) in [4.78, 5) is 10.5. The number of primary amides is 1. The summed E-state index contributed by atoms with van der Waals surface area (Å²) in [6, 6.07) is 0. The number of hydrogen-bond donors (Lipinski definition) is 2. The van der Waals surface area contributed by atoms with Crippen LogP contribution >= 0.6 is 0 Å². The van der Waals surface area contributed by atoms with Gasteiger partial charge in [-0.3, -0.25) is 4.79 Å². The van der Waals surface area contributed by atoms with Crippen LogP contribution in [0.2, 0.25) is 0 Å².